The maximum atomic E-state index is 3.40. The predicted molar refractivity (Wildman–Crippen MR) is 70.1 cm³/mol. The second-order valence-corrected chi connectivity index (χ2v) is 5.07. The molecule has 17 heavy (non-hydrogen) atoms. The molecule has 0 spiro atoms. The van der Waals surface area contributed by atoms with Gasteiger partial charge < -0.3 is 5.32 Å². The lowest BCUT2D eigenvalue weighted by Gasteiger charge is -2.33. The second kappa shape index (κ2) is 3.44. The largest absolute Gasteiger partial charge is 0.316 e. The standard InChI is InChI=1S/C16H15N/c1-3-7-14-12(5-1)13-6-2-4-8-15(13)16(14)11-9-17-10-11/h1-8,11,16-17H,9-10H2. The number of hydrogen-bond donors (Lipinski definition) is 1. The van der Waals surface area contributed by atoms with Gasteiger partial charge in [-0.1, -0.05) is 48.5 Å². The van der Waals surface area contributed by atoms with Crippen LogP contribution in [0.5, 0.6) is 0 Å². The molecule has 2 aliphatic rings. The van der Waals surface area contributed by atoms with Crippen molar-refractivity contribution in [1.29, 1.82) is 0 Å². The van der Waals surface area contributed by atoms with Crippen LogP contribution in [0.2, 0.25) is 0 Å². The molecule has 1 saturated heterocycles. The first-order chi connectivity index (χ1) is 8.45. The molecule has 1 fully saturated rings. The van der Waals surface area contributed by atoms with E-state index < -0.39 is 0 Å². The molecule has 0 radical (unpaired) electrons. The van der Waals surface area contributed by atoms with E-state index >= 15 is 0 Å². The van der Waals surface area contributed by atoms with Gasteiger partial charge in [0.25, 0.3) is 0 Å². The summed E-state index contributed by atoms with van der Waals surface area (Å²) >= 11 is 0. The predicted octanol–water partition coefficient (Wildman–Crippen LogP) is 3.02. The molecule has 0 unspecified atom stereocenters. The number of benzene rings is 2. The van der Waals surface area contributed by atoms with Crippen LogP contribution in [0.1, 0.15) is 17.0 Å². The molecule has 1 heterocycles. The maximum absolute atomic E-state index is 3.40. The van der Waals surface area contributed by atoms with Gasteiger partial charge in [0.2, 0.25) is 0 Å². The van der Waals surface area contributed by atoms with Crippen molar-refractivity contribution in [3.8, 4) is 11.1 Å². The van der Waals surface area contributed by atoms with Crippen molar-refractivity contribution in [2.24, 2.45) is 5.92 Å². The summed E-state index contributed by atoms with van der Waals surface area (Å²) < 4.78 is 0. The molecule has 0 atom stereocenters. The molecule has 0 saturated carbocycles. The van der Waals surface area contributed by atoms with E-state index in [4.69, 9.17) is 0 Å². The van der Waals surface area contributed by atoms with Crippen molar-refractivity contribution in [2.75, 3.05) is 13.1 Å². The summed E-state index contributed by atoms with van der Waals surface area (Å²) in [6, 6.07) is 17.8. The Morgan fingerprint density at radius 3 is 1.76 bits per heavy atom. The molecule has 1 nitrogen and oxygen atoms in total. The minimum atomic E-state index is 0.614. The highest BCUT2D eigenvalue weighted by molar-refractivity contribution is 5.78. The smallest absolute Gasteiger partial charge is 0.0154 e. The number of fused-ring (bicyclic) bond motifs is 3. The van der Waals surface area contributed by atoms with Crippen LogP contribution in [-0.2, 0) is 0 Å². The Hall–Kier alpha value is -1.60. The van der Waals surface area contributed by atoms with Crippen molar-refractivity contribution >= 4 is 0 Å². The van der Waals surface area contributed by atoms with Gasteiger partial charge in [-0.15, -0.1) is 0 Å². The molecule has 0 amide bonds. The first kappa shape index (κ1) is 9.43. The van der Waals surface area contributed by atoms with E-state index in [9.17, 15) is 0 Å². The second-order valence-electron chi connectivity index (χ2n) is 5.07. The normalized spacial score (nSPS) is 18.6. The fourth-order valence-electron chi connectivity index (χ4n) is 3.25. The lowest BCUT2D eigenvalue weighted by molar-refractivity contribution is 0.318. The van der Waals surface area contributed by atoms with E-state index in [1.54, 1.807) is 0 Å². The lowest BCUT2D eigenvalue weighted by atomic mass is 9.81. The van der Waals surface area contributed by atoms with E-state index in [-0.39, 0.29) is 0 Å². The van der Waals surface area contributed by atoms with Crippen molar-refractivity contribution in [3.05, 3.63) is 59.7 Å². The van der Waals surface area contributed by atoms with Gasteiger partial charge in [-0.3, -0.25) is 0 Å². The fraction of sp³-hybridized carbons (Fsp3) is 0.250. The van der Waals surface area contributed by atoms with Gasteiger partial charge in [0, 0.05) is 19.0 Å². The van der Waals surface area contributed by atoms with Crippen molar-refractivity contribution in [1.82, 2.24) is 5.32 Å². The molecule has 84 valence electrons. The first-order valence-corrected chi connectivity index (χ1v) is 6.34. The third-order valence-electron chi connectivity index (χ3n) is 4.17. The molecule has 2 aromatic carbocycles. The van der Waals surface area contributed by atoms with Gasteiger partial charge in [-0.05, 0) is 28.2 Å². The molecule has 2 aromatic rings. The Morgan fingerprint density at radius 1 is 0.765 bits per heavy atom. The highest BCUT2D eigenvalue weighted by Crippen LogP contribution is 2.48. The molecule has 0 bridgehead atoms. The minimum absolute atomic E-state index is 0.614. The van der Waals surface area contributed by atoms with Gasteiger partial charge in [-0.2, -0.15) is 0 Å². The Labute approximate surface area is 101 Å². The van der Waals surface area contributed by atoms with Crippen LogP contribution in [0.3, 0.4) is 0 Å². The monoisotopic (exact) mass is 221 g/mol. The Balaban J connectivity index is 1.95. The van der Waals surface area contributed by atoms with E-state index in [0.29, 0.717) is 5.92 Å². The molecule has 1 N–H and O–H groups in total. The summed E-state index contributed by atoms with van der Waals surface area (Å²) in [6.45, 7) is 2.32. The number of nitrogens with one attached hydrogen (secondary N) is 1. The summed E-state index contributed by atoms with van der Waals surface area (Å²) in [4.78, 5) is 0. The van der Waals surface area contributed by atoms with Crippen LogP contribution < -0.4 is 5.32 Å². The van der Waals surface area contributed by atoms with Crippen LogP contribution in [0.25, 0.3) is 11.1 Å². The average Bonchev–Trinajstić information content (AvgIpc) is 2.64. The number of rotatable bonds is 1. The molecule has 4 rings (SSSR count). The SMILES string of the molecule is c1ccc2c(c1)-c1ccccc1C2C1CNC1. The third-order valence-corrected chi connectivity index (χ3v) is 4.17. The minimum Gasteiger partial charge on any atom is -0.316 e. The Kier molecular flexibility index (Phi) is 1.91. The van der Waals surface area contributed by atoms with Gasteiger partial charge >= 0.3 is 0 Å². The summed E-state index contributed by atoms with van der Waals surface area (Å²) in [5.74, 6) is 1.39. The van der Waals surface area contributed by atoms with Gasteiger partial charge in [0.1, 0.15) is 0 Å². The van der Waals surface area contributed by atoms with Crippen molar-refractivity contribution in [3.63, 3.8) is 0 Å². The topological polar surface area (TPSA) is 12.0 Å². The number of hydrogen-bond acceptors (Lipinski definition) is 1. The lowest BCUT2D eigenvalue weighted by Crippen LogP contribution is -2.45. The summed E-state index contributed by atoms with van der Waals surface area (Å²) in [7, 11) is 0. The fourth-order valence-corrected chi connectivity index (χ4v) is 3.25. The first-order valence-electron chi connectivity index (χ1n) is 6.34. The van der Waals surface area contributed by atoms with Gasteiger partial charge in [0.15, 0.2) is 0 Å². The molecular formula is C16H15N. The van der Waals surface area contributed by atoms with Crippen LogP contribution in [0, 0.1) is 5.92 Å². The van der Waals surface area contributed by atoms with Gasteiger partial charge in [0.05, 0.1) is 0 Å². The zero-order chi connectivity index (χ0) is 11.2. The quantitative estimate of drug-likeness (QED) is 0.780. The van der Waals surface area contributed by atoms with E-state index in [1.165, 1.54) is 22.3 Å². The van der Waals surface area contributed by atoms with Crippen molar-refractivity contribution < 1.29 is 0 Å². The zero-order valence-corrected chi connectivity index (χ0v) is 9.69. The zero-order valence-electron chi connectivity index (χ0n) is 9.69. The van der Waals surface area contributed by atoms with Crippen LogP contribution in [-0.4, -0.2) is 13.1 Å². The van der Waals surface area contributed by atoms with Crippen LogP contribution in [0.15, 0.2) is 48.5 Å². The van der Waals surface area contributed by atoms with Gasteiger partial charge in [-0.25, -0.2) is 0 Å². The molecule has 1 aliphatic heterocycles. The molecule has 1 heteroatoms. The molecule has 0 aromatic heterocycles. The van der Waals surface area contributed by atoms with E-state index in [2.05, 4.69) is 53.8 Å². The summed E-state index contributed by atoms with van der Waals surface area (Å²) in [5.41, 5.74) is 5.94. The molecular weight excluding hydrogens is 206 g/mol. The average molecular weight is 221 g/mol. The maximum Gasteiger partial charge on any atom is 0.0154 e. The Bertz CT molecular complexity index is 524. The summed E-state index contributed by atoms with van der Waals surface area (Å²) in [6.07, 6.45) is 0. The van der Waals surface area contributed by atoms with Crippen LogP contribution >= 0.6 is 0 Å². The highest BCUT2D eigenvalue weighted by atomic mass is 15.0. The van der Waals surface area contributed by atoms with Crippen LogP contribution in [0.4, 0.5) is 0 Å². The molecule has 1 aliphatic carbocycles. The highest BCUT2D eigenvalue weighted by Gasteiger charge is 2.36. The third kappa shape index (κ3) is 1.23. The van der Waals surface area contributed by atoms with Crippen molar-refractivity contribution in [2.45, 2.75) is 5.92 Å². The van der Waals surface area contributed by atoms with E-state index in [0.717, 1.165) is 19.0 Å². The summed E-state index contributed by atoms with van der Waals surface area (Å²) in [5, 5.41) is 3.40. The Morgan fingerprint density at radius 2 is 1.29 bits per heavy atom. The van der Waals surface area contributed by atoms with E-state index in [1.807, 2.05) is 0 Å².